The Morgan fingerprint density at radius 3 is 2.75 bits per heavy atom. The molecule has 0 atom stereocenters. The van der Waals surface area contributed by atoms with Crippen LogP contribution in [0, 0.1) is 0 Å². The first kappa shape index (κ1) is 12.3. The molecule has 0 aliphatic rings. The van der Waals surface area contributed by atoms with Gasteiger partial charge in [0.15, 0.2) is 11.5 Å². The molecule has 0 spiro atoms. The van der Waals surface area contributed by atoms with Crippen molar-refractivity contribution >= 4 is 11.6 Å². The van der Waals surface area contributed by atoms with E-state index in [4.69, 9.17) is 4.74 Å². The summed E-state index contributed by atoms with van der Waals surface area (Å²) in [5, 5.41) is 4.38. The Bertz CT molecular complexity index is 750. The summed E-state index contributed by atoms with van der Waals surface area (Å²) in [5.74, 6) is 0.266. The molecule has 0 saturated heterocycles. The van der Waals surface area contributed by atoms with Gasteiger partial charge in [-0.3, -0.25) is 0 Å². The first-order valence-electron chi connectivity index (χ1n) is 6.24. The van der Waals surface area contributed by atoms with E-state index in [1.54, 1.807) is 22.8 Å². The number of pyridine rings is 1. The number of fused-ring (bicyclic) bond motifs is 1. The van der Waals surface area contributed by atoms with Crippen LogP contribution >= 0.6 is 0 Å². The van der Waals surface area contributed by atoms with Gasteiger partial charge in [0.2, 0.25) is 0 Å². The lowest BCUT2D eigenvalue weighted by molar-refractivity contribution is 0.0602. The lowest BCUT2D eigenvalue weighted by Crippen LogP contribution is -2.04. The van der Waals surface area contributed by atoms with Gasteiger partial charge in [-0.05, 0) is 17.7 Å². The van der Waals surface area contributed by atoms with Gasteiger partial charge in [0.1, 0.15) is 5.56 Å². The fraction of sp³-hybridized carbons (Fsp3) is 0.133. The molecule has 100 valence electrons. The Kier molecular flexibility index (Phi) is 3.16. The quantitative estimate of drug-likeness (QED) is 0.682. The van der Waals surface area contributed by atoms with Crippen LogP contribution in [0.15, 0.2) is 48.7 Å². The van der Waals surface area contributed by atoms with Gasteiger partial charge in [-0.25, -0.2) is 14.3 Å². The van der Waals surface area contributed by atoms with Crippen molar-refractivity contribution in [2.45, 2.75) is 6.42 Å². The minimum absolute atomic E-state index is 0.408. The summed E-state index contributed by atoms with van der Waals surface area (Å²) in [6, 6.07) is 13.4. The molecule has 0 unspecified atom stereocenters. The van der Waals surface area contributed by atoms with Crippen molar-refractivity contribution in [3.05, 3.63) is 65.6 Å². The number of hydrogen-bond acceptors (Lipinski definition) is 4. The van der Waals surface area contributed by atoms with Crippen molar-refractivity contribution in [1.29, 1.82) is 0 Å². The Balaban J connectivity index is 2.00. The molecule has 2 heterocycles. The lowest BCUT2D eigenvalue weighted by atomic mass is 10.1. The van der Waals surface area contributed by atoms with Gasteiger partial charge < -0.3 is 4.74 Å². The van der Waals surface area contributed by atoms with Crippen LogP contribution in [0.4, 0.5) is 0 Å². The van der Waals surface area contributed by atoms with Gasteiger partial charge in [0.05, 0.1) is 7.11 Å². The largest absolute Gasteiger partial charge is 0.465 e. The Morgan fingerprint density at radius 1 is 1.20 bits per heavy atom. The average molecular weight is 267 g/mol. The second-order valence-corrected chi connectivity index (χ2v) is 4.37. The smallest absolute Gasteiger partial charge is 0.341 e. The van der Waals surface area contributed by atoms with Crippen molar-refractivity contribution in [1.82, 2.24) is 14.6 Å². The van der Waals surface area contributed by atoms with Crippen molar-refractivity contribution in [2.24, 2.45) is 0 Å². The molecule has 0 radical (unpaired) electrons. The van der Waals surface area contributed by atoms with Gasteiger partial charge in [-0.15, -0.1) is 0 Å². The number of rotatable bonds is 3. The molecule has 0 aliphatic heterocycles. The monoisotopic (exact) mass is 267 g/mol. The van der Waals surface area contributed by atoms with Crippen LogP contribution in [0.5, 0.6) is 0 Å². The van der Waals surface area contributed by atoms with E-state index in [0.717, 1.165) is 5.56 Å². The van der Waals surface area contributed by atoms with E-state index in [1.807, 2.05) is 30.3 Å². The number of carbonyl (C=O) groups is 1. The Labute approximate surface area is 115 Å². The van der Waals surface area contributed by atoms with Crippen LogP contribution < -0.4 is 0 Å². The topological polar surface area (TPSA) is 56.5 Å². The minimum atomic E-state index is -0.408. The van der Waals surface area contributed by atoms with Crippen LogP contribution in [0.1, 0.15) is 21.7 Å². The average Bonchev–Trinajstić information content (AvgIpc) is 2.89. The molecule has 2 aromatic heterocycles. The third-order valence-electron chi connectivity index (χ3n) is 3.02. The molecular weight excluding hydrogens is 254 g/mol. The van der Waals surface area contributed by atoms with Gasteiger partial charge in [-0.1, -0.05) is 30.3 Å². The number of ether oxygens (including phenoxy) is 1. The van der Waals surface area contributed by atoms with Crippen molar-refractivity contribution in [3.8, 4) is 0 Å². The first-order valence-corrected chi connectivity index (χ1v) is 6.24. The number of aromatic nitrogens is 3. The highest BCUT2D eigenvalue weighted by atomic mass is 16.5. The number of hydrogen-bond donors (Lipinski definition) is 0. The molecule has 3 aromatic rings. The van der Waals surface area contributed by atoms with E-state index >= 15 is 0 Å². The van der Waals surface area contributed by atoms with E-state index < -0.39 is 5.97 Å². The van der Waals surface area contributed by atoms with Crippen LogP contribution in [0.3, 0.4) is 0 Å². The van der Waals surface area contributed by atoms with E-state index in [2.05, 4.69) is 10.1 Å². The van der Waals surface area contributed by atoms with Crippen LogP contribution in [0.2, 0.25) is 0 Å². The summed E-state index contributed by atoms with van der Waals surface area (Å²) in [4.78, 5) is 16.1. The predicted molar refractivity (Wildman–Crippen MR) is 73.6 cm³/mol. The van der Waals surface area contributed by atoms with Crippen LogP contribution in [-0.4, -0.2) is 27.7 Å². The molecule has 0 aliphatic carbocycles. The van der Waals surface area contributed by atoms with Crippen LogP contribution in [-0.2, 0) is 11.2 Å². The van der Waals surface area contributed by atoms with Crippen LogP contribution in [0.25, 0.3) is 5.65 Å². The van der Waals surface area contributed by atoms with Gasteiger partial charge in [0.25, 0.3) is 0 Å². The van der Waals surface area contributed by atoms with E-state index in [-0.39, 0.29) is 0 Å². The molecule has 0 fully saturated rings. The molecule has 0 saturated carbocycles. The standard InChI is InChI=1S/C15H13N3O2/c1-20-15(19)12-8-5-9-18-14(12)16-13(17-18)10-11-6-3-2-4-7-11/h2-9H,10H2,1H3. The summed E-state index contributed by atoms with van der Waals surface area (Å²) in [7, 11) is 1.35. The van der Waals surface area contributed by atoms with Gasteiger partial charge in [-0.2, -0.15) is 5.10 Å². The molecular formula is C15H13N3O2. The highest BCUT2D eigenvalue weighted by Gasteiger charge is 2.14. The SMILES string of the molecule is COC(=O)c1cccn2nc(Cc3ccccc3)nc12. The third-order valence-corrected chi connectivity index (χ3v) is 3.02. The Morgan fingerprint density at radius 2 is 2.00 bits per heavy atom. The van der Waals surface area contributed by atoms with E-state index in [1.165, 1.54) is 7.11 Å². The molecule has 0 bridgehead atoms. The highest BCUT2D eigenvalue weighted by molar-refractivity contribution is 5.95. The number of carbonyl (C=O) groups excluding carboxylic acids is 1. The third kappa shape index (κ3) is 2.25. The molecule has 5 heteroatoms. The second kappa shape index (κ2) is 5.13. The van der Waals surface area contributed by atoms with Crippen molar-refractivity contribution in [2.75, 3.05) is 7.11 Å². The number of methoxy groups -OCH3 is 1. The number of benzene rings is 1. The zero-order valence-corrected chi connectivity index (χ0v) is 11.0. The maximum absolute atomic E-state index is 11.7. The van der Waals surface area contributed by atoms with Gasteiger partial charge in [0, 0.05) is 12.6 Å². The zero-order chi connectivity index (χ0) is 13.9. The molecule has 1 aromatic carbocycles. The molecule has 20 heavy (non-hydrogen) atoms. The fourth-order valence-electron chi connectivity index (χ4n) is 2.07. The molecule has 0 N–H and O–H groups in total. The summed E-state index contributed by atoms with van der Waals surface area (Å²) >= 11 is 0. The fourth-order valence-corrected chi connectivity index (χ4v) is 2.07. The van der Waals surface area contributed by atoms with Gasteiger partial charge >= 0.3 is 5.97 Å². The van der Waals surface area contributed by atoms with E-state index in [9.17, 15) is 4.79 Å². The maximum Gasteiger partial charge on any atom is 0.341 e. The Hall–Kier alpha value is -2.69. The molecule has 3 rings (SSSR count). The second-order valence-electron chi connectivity index (χ2n) is 4.37. The first-order chi connectivity index (χ1) is 9.78. The number of nitrogens with zero attached hydrogens (tertiary/aromatic N) is 3. The lowest BCUT2D eigenvalue weighted by Gasteiger charge is -1.99. The van der Waals surface area contributed by atoms with Crippen molar-refractivity contribution in [3.63, 3.8) is 0 Å². The summed E-state index contributed by atoms with van der Waals surface area (Å²) < 4.78 is 6.35. The summed E-state index contributed by atoms with van der Waals surface area (Å²) in [6.07, 6.45) is 2.40. The predicted octanol–water partition coefficient (Wildman–Crippen LogP) is 2.11. The zero-order valence-electron chi connectivity index (χ0n) is 11.0. The number of esters is 1. The minimum Gasteiger partial charge on any atom is -0.465 e. The maximum atomic E-state index is 11.7. The molecule has 0 amide bonds. The van der Waals surface area contributed by atoms with E-state index in [0.29, 0.717) is 23.5 Å². The highest BCUT2D eigenvalue weighted by Crippen LogP contribution is 2.12. The van der Waals surface area contributed by atoms with Crippen molar-refractivity contribution < 1.29 is 9.53 Å². The normalized spacial score (nSPS) is 10.7. The summed E-state index contributed by atoms with van der Waals surface area (Å²) in [6.45, 7) is 0. The summed E-state index contributed by atoms with van der Waals surface area (Å²) in [5.41, 5.74) is 2.06. The molecule has 5 nitrogen and oxygen atoms in total.